The van der Waals surface area contributed by atoms with Crippen LogP contribution in [0.3, 0.4) is 0 Å². The maximum absolute atomic E-state index is 11.0. The first-order valence-corrected chi connectivity index (χ1v) is 6.61. The minimum atomic E-state index is -1.26. The lowest BCUT2D eigenvalue weighted by molar-refractivity contribution is -0.136. The average molecular weight is 301 g/mol. The summed E-state index contributed by atoms with van der Waals surface area (Å²) < 4.78 is 0. The van der Waals surface area contributed by atoms with E-state index in [-0.39, 0.29) is 18.6 Å². The number of pyridine rings is 1. The fraction of sp³-hybridized carbons (Fsp3) is 0.200. The molecular weight excluding hydrogens is 286 g/mol. The van der Waals surface area contributed by atoms with Crippen molar-refractivity contribution in [2.24, 2.45) is 5.10 Å². The van der Waals surface area contributed by atoms with Gasteiger partial charge in [-0.25, -0.2) is 9.78 Å². The van der Waals surface area contributed by atoms with E-state index in [2.05, 4.69) is 15.5 Å². The molecule has 0 aliphatic carbocycles. The fourth-order valence-electron chi connectivity index (χ4n) is 1.97. The van der Waals surface area contributed by atoms with Gasteiger partial charge in [0.1, 0.15) is 11.5 Å². The molecule has 0 aliphatic rings. The number of aliphatic carboxylic acids is 2. The molecule has 1 aromatic carbocycles. The van der Waals surface area contributed by atoms with Gasteiger partial charge in [0, 0.05) is 11.8 Å². The van der Waals surface area contributed by atoms with Gasteiger partial charge in [-0.05, 0) is 24.6 Å². The molecule has 0 fully saturated rings. The summed E-state index contributed by atoms with van der Waals surface area (Å²) in [4.78, 5) is 25.9. The van der Waals surface area contributed by atoms with Crippen molar-refractivity contribution in [1.29, 1.82) is 0 Å². The summed E-state index contributed by atoms with van der Waals surface area (Å²) in [6.45, 7) is 1.92. The fourth-order valence-corrected chi connectivity index (χ4v) is 1.97. The quantitative estimate of drug-likeness (QED) is 0.557. The van der Waals surface area contributed by atoms with Crippen molar-refractivity contribution < 1.29 is 19.8 Å². The predicted octanol–water partition coefficient (Wildman–Crippen LogP) is 2.26. The lowest BCUT2D eigenvalue weighted by atomic mass is 10.1. The second-order valence-corrected chi connectivity index (χ2v) is 4.71. The topological polar surface area (TPSA) is 112 Å². The van der Waals surface area contributed by atoms with E-state index in [1.807, 2.05) is 31.2 Å². The van der Waals surface area contributed by atoms with Crippen LogP contribution < -0.4 is 5.43 Å². The molecule has 0 amide bonds. The van der Waals surface area contributed by atoms with Gasteiger partial charge in [0.2, 0.25) is 0 Å². The minimum absolute atomic E-state index is 0.162. The molecule has 3 N–H and O–H groups in total. The Hall–Kier alpha value is -2.96. The van der Waals surface area contributed by atoms with E-state index in [1.54, 1.807) is 6.07 Å². The normalized spacial score (nSPS) is 11.4. The van der Waals surface area contributed by atoms with Gasteiger partial charge in [-0.1, -0.05) is 18.2 Å². The number of hydrogen-bond acceptors (Lipinski definition) is 5. The molecule has 0 saturated heterocycles. The molecule has 0 spiro atoms. The summed E-state index contributed by atoms with van der Waals surface area (Å²) in [5.41, 5.74) is 4.08. The Balaban J connectivity index is 2.23. The number of nitrogens with one attached hydrogen (secondary N) is 1. The second kappa shape index (κ2) is 6.66. The number of carboxylic acids is 2. The molecule has 0 saturated carbocycles. The number of rotatable bonds is 6. The molecule has 0 radical (unpaired) electrons. The number of carbonyl (C=O) groups is 2. The average Bonchev–Trinajstić information content (AvgIpc) is 2.46. The Morgan fingerprint density at radius 1 is 1.23 bits per heavy atom. The molecule has 2 aromatic rings. The minimum Gasteiger partial charge on any atom is -0.481 e. The number of fused-ring (bicyclic) bond motifs is 1. The highest BCUT2D eigenvalue weighted by atomic mass is 16.4. The Kier molecular flexibility index (Phi) is 4.67. The number of para-hydroxylation sites is 1. The van der Waals surface area contributed by atoms with Crippen molar-refractivity contribution in [2.75, 3.05) is 5.43 Å². The Bertz CT molecular complexity index is 756. The van der Waals surface area contributed by atoms with E-state index >= 15 is 0 Å². The van der Waals surface area contributed by atoms with Crippen LogP contribution in [0.25, 0.3) is 10.9 Å². The number of aromatic nitrogens is 1. The third kappa shape index (κ3) is 3.78. The van der Waals surface area contributed by atoms with E-state index in [0.717, 1.165) is 16.5 Å². The van der Waals surface area contributed by atoms with Crippen LogP contribution in [-0.2, 0) is 9.59 Å². The highest BCUT2D eigenvalue weighted by Gasteiger charge is 2.12. The number of hydrogen-bond donors (Lipinski definition) is 3. The summed E-state index contributed by atoms with van der Waals surface area (Å²) in [6, 6.07) is 9.32. The molecule has 7 nitrogen and oxygen atoms in total. The third-order valence-corrected chi connectivity index (χ3v) is 3.05. The molecule has 22 heavy (non-hydrogen) atoms. The Labute approximate surface area is 126 Å². The summed E-state index contributed by atoms with van der Waals surface area (Å²) in [5.74, 6) is -1.93. The van der Waals surface area contributed by atoms with Gasteiger partial charge in [-0.3, -0.25) is 10.2 Å². The molecule has 7 heteroatoms. The van der Waals surface area contributed by atoms with Gasteiger partial charge in [-0.2, -0.15) is 5.10 Å². The highest BCUT2D eigenvalue weighted by molar-refractivity contribution is 6.35. The van der Waals surface area contributed by atoms with Crippen molar-refractivity contribution in [1.82, 2.24) is 4.98 Å². The number of carboxylic acid groups (broad SMARTS) is 2. The van der Waals surface area contributed by atoms with E-state index < -0.39 is 11.9 Å². The first-order chi connectivity index (χ1) is 10.5. The van der Waals surface area contributed by atoms with Crippen LogP contribution in [0.15, 0.2) is 35.4 Å². The third-order valence-electron chi connectivity index (χ3n) is 3.05. The second-order valence-electron chi connectivity index (χ2n) is 4.71. The van der Waals surface area contributed by atoms with E-state index in [1.165, 1.54) is 0 Å². The van der Waals surface area contributed by atoms with E-state index in [9.17, 15) is 9.59 Å². The summed E-state index contributed by atoms with van der Waals surface area (Å²) >= 11 is 0. The van der Waals surface area contributed by atoms with Crippen LogP contribution in [-0.4, -0.2) is 32.8 Å². The zero-order valence-electron chi connectivity index (χ0n) is 11.9. The molecule has 2 rings (SSSR count). The van der Waals surface area contributed by atoms with Gasteiger partial charge in [0.25, 0.3) is 0 Å². The molecule has 0 atom stereocenters. The largest absolute Gasteiger partial charge is 0.481 e. The first-order valence-electron chi connectivity index (χ1n) is 6.61. The van der Waals surface area contributed by atoms with E-state index in [4.69, 9.17) is 10.2 Å². The lowest BCUT2D eigenvalue weighted by Crippen LogP contribution is -2.16. The standard InChI is InChI=1S/C15H15N3O4/c1-9-8-13(16-11-5-3-2-4-10(9)11)18-17-12(15(21)22)6-7-14(19)20/h2-5,8H,6-7H2,1H3,(H,16,18)(H,19,20)(H,21,22)/b17-12-. The Morgan fingerprint density at radius 3 is 2.64 bits per heavy atom. The molecular formula is C15H15N3O4. The van der Waals surface area contributed by atoms with Gasteiger partial charge < -0.3 is 10.2 Å². The number of hydrazone groups is 1. The smallest absolute Gasteiger partial charge is 0.352 e. The van der Waals surface area contributed by atoms with Crippen LogP contribution in [0, 0.1) is 6.92 Å². The van der Waals surface area contributed by atoms with Crippen LogP contribution in [0.1, 0.15) is 18.4 Å². The number of nitrogens with zero attached hydrogens (tertiary/aromatic N) is 2. The van der Waals surface area contributed by atoms with Crippen LogP contribution in [0.2, 0.25) is 0 Å². The summed E-state index contributed by atoms with van der Waals surface area (Å²) in [6.07, 6.45) is -0.457. The van der Waals surface area contributed by atoms with Crippen molar-refractivity contribution in [3.05, 3.63) is 35.9 Å². The first kappa shape index (κ1) is 15.4. The number of anilines is 1. The van der Waals surface area contributed by atoms with Crippen molar-refractivity contribution >= 4 is 34.4 Å². The van der Waals surface area contributed by atoms with Crippen LogP contribution >= 0.6 is 0 Å². The van der Waals surface area contributed by atoms with Gasteiger partial charge in [-0.15, -0.1) is 0 Å². The molecule has 0 aliphatic heterocycles. The van der Waals surface area contributed by atoms with Gasteiger partial charge in [0.15, 0.2) is 0 Å². The summed E-state index contributed by atoms with van der Waals surface area (Å²) in [7, 11) is 0. The van der Waals surface area contributed by atoms with Gasteiger partial charge >= 0.3 is 11.9 Å². The zero-order chi connectivity index (χ0) is 16.1. The Morgan fingerprint density at radius 2 is 1.95 bits per heavy atom. The van der Waals surface area contributed by atoms with Crippen molar-refractivity contribution in [3.8, 4) is 0 Å². The van der Waals surface area contributed by atoms with Crippen molar-refractivity contribution in [2.45, 2.75) is 19.8 Å². The van der Waals surface area contributed by atoms with Crippen molar-refractivity contribution in [3.63, 3.8) is 0 Å². The zero-order valence-corrected chi connectivity index (χ0v) is 11.9. The van der Waals surface area contributed by atoms with E-state index in [0.29, 0.717) is 5.82 Å². The maximum atomic E-state index is 11.0. The lowest BCUT2D eigenvalue weighted by Gasteiger charge is -2.06. The maximum Gasteiger partial charge on any atom is 0.352 e. The SMILES string of the molecule is Cc1cc(N/N=C(/CCC(=O)O)C(=O)O)nc2ccccc12. The van der Waals surface area contributed by atoms with Crippen LogP contribution in [0.4, 0.5) is 5.82 Å². The monoisotopic (exact) mass is 301 g/mol. The summed E-state index contributed by atoms with van der Waals surface area (Å²) in [5, 5.41) is 22.4. The molecule has 1 heterocycles. The number of aryl methyl sites for hydroxylation is 1. The van der Waals surface area contributed by atoms with Gasteiger partial charge in [0.05, 0.1) is 11.9 Å². The molecule has 0 unspecified atom stereocenters. The molecule has 114 valence electrons. The molecule has 0 bridgehead atoms. The molecule has 1 aromatic heterocycles. The number of benzene rings is 1. The van der Waals surface area contributed by atoms with Crippen LogP contribution in [0.5, 0.6) is 0 Å². The predicted molar refractivity (Wildman–Crippen MR) is 82.0 cm³/mol. The highest BCUT2D eigenvalue weighted by Crippen LogP contribution is 2.19.